The molecule has 0 aliphatic rings. The minimum Gasteiger partial charge on any atom is -0.484 e. The average Bonchev–Trinajstić information content (AvgIpc) is 2.62. The second-order valence-corrected chi connectivity index (χ2v) is 6.15. The van der Waals surface area contributed by atoms with Crippen molar-refractivity contribution >= 4 is 45.6 Å². The number of hydrogen-bond donors (Lipinski definition) is 2. The molecule has 0 fully saturated rings. The number of anilines is 2. The molecule has 0 heterocycles. The van der Waals surface area contributed by atoms with Gasteiger partial charge in [-0.05, 0) is 41.1 Å². The molecule has 3 rings (SSSR count). The number of carbonyl (C=O) groups is 2. The number of ether oxygens (including phenoxy) is 1. The summed E-state index contributed by atoms with van der Waals surface area (Å²) in [6.45, 7) is 1.23. The van der Waals surface area contributed by atoms with Gasteiger partial charge < -0.3 is 15.4 Å². The van der Waals surface area contributed by atoms with E-state index in [1.807, 2.05) is 42.5 Å². The summed E-state index contributed by atoms with van der Waals surface area (Å²) in [5.74, 6) is 0.00860. The smallest absolute Gasteiger partial charge is 0.262 e. The van der Waals surface area contributed by atoms with E-state index in [0.717, 1.165) is 10.8 Å². The second-order valence-electron chi connectivity index (χ2n) is 5.72. The number of nitrogens with one attached hydrogen (secondary N) is 2. The van der Waals surface area contributed by atoms with Gasteiger partial charge in [0.2, 0.25) is 5.91 Å². The maximum Gasteiger partial charge on any atom is 0.262 e. The van der Waals surface area contributed by atoms with Gasteiger partial charge in [-0.2, -0.15) is 0 Å². The number of amides is 2. The molecule has 0 aliphatic carbocycles. The standard InChI is InChI=1S/C20H17ClN2O3/c1-13(24)22-18-9-7-16(21)11-19(18)23-20(25)12-26-17-8-6-14-4-2-3-5-15(14)10-17/h2-11H,12H2,1H3,(H,22,24)(H,23,25). The lowest BCUT2D eigenvalue weighted by Gasteiger charge is -2.12. The number of benzene rings is 3. The van der Waals surface area contributed by atoms with Gasteiger partial charge >= 0.3 is 0 Å². The molecule has 5 nitrogen and oxygen atoms in total. The molecule has 0 saturated carbocycles. The number of hydrogen-bond acceptors (Lipinski definition) is 3. The second kappa shape index (κ2) is 7.89. The quantitative estimate of drug-likeness (QED) is 0.698. The van der Waals surface area contributed by atoms with Gasteiger partial charge in [0.1, 0.15) is 5.75 Å². The molecule has 3 aromatic rings. The first kappa shape index (κ1) is 17.8. The molecule has 6 heteroatoms. The Bertz CT molecular complexity index is 972. The van der Waals surface area contributed by atoms with E-state index in [4.69, 9.17) is 16.3 Å². The highest BCUT2D eigenvalue weighted by atomic mass is 35.5. The molecule has 0 atom stereocenters. The Morgan fingerprint density at radius 3 is 2.46 bits per heavy atom. The highest BCUT2D eigenvalue weighted by Crippen LogP contribution is 2.26. The highest BCUT2D eigenvalue weighted by molar-refractivity contribution is 6.31. The molecule has 26 heavy (non-hydrogen) atoms. The van der Waals surface area contributed by atoms with Crippen LogP contribution >= 0.6 is 11.6 Å². The molecule has 2 amide bonds. The van der Waals surface area contributed by atoms with Crippen LogP contribution in [0.5, 0.6) is 5.75 Å². The van der Waals surface area contributed by atoms with Crippen LogP contribution in [0.2, 0.25) is 5.02 Å². The van der Waals surface area contributed by atoms with Crippen LogP contribution in [0.15, 0.2) is 60.7 Å². The zero-order valence-electron chi connectivity index (χ0n) is 14.1. The summed E-state index contributed by atoms with van der Waals surface area (Å²) in [4.78, 5) is 23.5. The minimum absolute atomic E-state index is 0.162. The molecule has 0 spiro atoms. The van der Waals surface area contributed by atoms with E-state index in [1.165, 1.54) is 6.92 Å². The summed E-state index contributed by atoms with van der Waals surface area (Å²) in [5, 5.41) is 7.93. The van der Waals surface area contributed by atoms with Gasteiger partial charge in [0, 0.05) is 11.9 Å². The Hall–Kier alpha value is -3.05. The zero-order valence-corrected chi connectivity index (χ0v) is 14.8. The molecule has 0 aromatic heterocycles. The van der Waals surface area contributed by atoms with Gasteiger partial charge in [-0.3, -0.25) is 9.59 Å². The van der Waals surface area contributed by atoms with Crippen molar-refractivity contribution in [3.05, 3.63) is 65.7 Å². The van der Waals surface area contributed by atoms with Gasteiger partial charge in [0.25, 0.3) is 5.91 Å². The summed E-state index contributed by atoms with van der Waals surface area (Å²) >= 11 is 5.97. The van der Waals surface area contributed by atoms with E-state index >= 15 is 0 Å². The van der Waals surface area contributed by atoms with Crippen LogP contribution in [0.1, 0.15) is 6.92 Å². The molecule has 3 aromatic carbocycles. The van der Waals surface area contributed by atoms with E-state index in [1.54, 1.807) is 18.2 Å². The molecule has 0 unspecified atom stereocenters. The van der Waals surface area contributed by atoms with Crippen molar-refractivity contribution in [2.45, 2.75) is 6.92 Å². The van der Waals surface area contributed by atoms with Gasteiger partial charge in [0.15, 0.2) is 6.61 Å². The first-order valence-electron chi connectivity index (χ1n) is 8.00. The molecule has 2 N–H and O–H groups in total. The Balaban J connectivity index is 1.66. The van der Waals surface area contributed by atoms with Crippen molar-refractivity contribution in [1.82, 2.24) is 0 Å². The Morgan fingerprint density at radius 1 is 0.923 bits per heavy atom. The largest absolute Gasteiger partial charge is 0.484 e. The van der Waals surface area contributed by atoms with Gasteiger partial charge in [-0.25, -0.2) is 0 Å². The number of halogens is 1. The van der Waals surface area contributed by atoms with Crippen LogP contribution in [-0.4, -0.2) is 18.4 Å². The van der Waals surface area contributed by atoms with Crippen molar-refractivity contribution in [1.29, 1.82) is 0 Å². The van der Waals surface area contributed by atoms with E-state index in [-0.39, 0.29) is 18.4 Å². The maximum atomic E-state index is 12.2. The number of carbonyl (C=O) groups excluding carboxylic acids is 2. The lowest BCUT2D eigenvalue weighted by molar-refractivity contribution is -0.118. The normalized spacial score (nSPS) is 10.4. The van der Waals surface area contributed by atoms with Crippen LogP contribution < -0.4 is 15.4 Å². The van der Waals surface area contributed by atoms with Crippen LogP contribution in [-0.2, 0) is 9.59 Å². The van der Waals surface area contributed by atoms with E-state index < -0.39 is 0 Å². The third-order valence-corrected chi connectivity index (χ3v) is 3.89. The van der Waals surface area contributed by atoms with Crippen molar-refractivity contribution in [3.63, 3.8) is 0 Å². The SMILES string of the molecule is CC(=O)Nc1ccc(Cl)cc1NC(=O)COc1ccc2ccccc2c1. The van der Waals surface area contributed by atoms with E-state index in [9.17, 15) is 9.59 Å². The average molecular weight is 369 g/mol. The van der Waals surface area contributed by atoms with Crippen LogP contribution in [0, 0.1) is 0 Å². The van der Waals surface area contributed by atoms with Crippen molar-refractivity contribution in [2.24, 2.45) is 0 Å². The summed E-state index contributed by atoms with van der Waals surface area (Å²) < 4.78 is 5.57. The predicted molar refractivity (Wildman–Crippen MR) is 104 cm³/mol. The fraction of sp³-hybridized carbons (Fsp3) is 0.100. The summed E-state index contributed by atoms with van der Waals surface area (Å²) in [7, 11) is 0. The maximum absolute atomic E-state index is 12.2. The Kier molecular flexibility index (Phi) is 5.39. The predicted octanol–water partition coefficient (Wildman–Crippen LogP) is 4.47. The van der Waals surface area contributed by atoms with E-state index in [2.05, 4.69) is 10.6 Å². The van der Waals surface area contributed by atoms with Crippen LogP contribution in [0.25, 0.3) is 10.8 Å². The molecular weight excluding hydrogens is 352 g/mol. The highest BCUT2D eigenvalue weighted by Gasteiger charge is 2.10. The topological polar surface area (TPSA) is 67.4 Å². The van der Waals surface area contributed by atoms with Crippen molar-refractivity contribution in [3.8, 4) is 5.75 Å². The molecule has 0 aliphatic heterocycles. The van der Waals surface area contributed by atoms with Gasteiger partial charge in [0.05, 0.1) is 11.4 Å². The fourth-order valence-corrected chi connectivity index (χ4v) is 2.68. The van der Waals surface area contributed by atoms with Crippen LogP contribution in [0.3, 0.4) is 0 Å². The molecule has 0 radical (unpaired) electrons. The van der Waals surface area contributed by atoms with Crippen LogP contribution in [0.4, 0.5) is 11.4 Å². The molecule has 132 valence electrons. The third-order valence-electron chi connectivity index (χ3n) is 3.66. The van der Waals surface area contributed by atoms with Crippen molar-refractivity contribution in [2.75, 3.05) is 17.2 Å². The first-order chi connectivity index (χ1) is 12.5. The first-order valence-corrected chi connectivity index (χ1v) is 8.37. The summed E-state index contributed by atoms with van der Waals surface area (Å²) in [6.07, 6.45) is 0. The van der Waals surface area contributed by atoms with Gasteiger partial charge in [-0.1, -0.05) is 41.9 Å². The molecule has 0 saturated heterocycles. The summed E-state index contributed by atoms with van der Waals surface area (Å²) in [6, 6.07) is 18.4. The summed E-state index contributed by atoms with van der Waals surface area (Å²) in [5.41, 5.74) is 0.890. The lowest BCUT2D eigenvalue weighted by atomic mass is 10.1. The fourth-order valence-electron chi connectivity index (χ4n) is 2.51. The van der Waals surface area contributed by atoms with E-state index in [0.29, 0.717) is 22.1 Å². The number of fused-ring (bicyclic) bond motifs is 1. The van der Waals surface area contributed by atoms with Gasteiger partial charge in [-0.15, -0.1) is 0 Å². The monoisotopic (exact) mass is 368 g/mol. The lowest BCUT2D eigenvalue weighted by Crippen LogP contribution is -2.21. The zero-order chi connectivity index (χ0) is 18.5. The molecule has 0 bridgehead atoms. The van der Waals surface area contributed by atoms with Crippen molar-refractivity contribution < 1.29 is 14.3 Å². The molecular formula is C20H17ClN2O3. The minimum atomic E-state index is -0.355. The third kappa shape index (κ3) is 4.52. The Morgan fingerprint density at radius 2 is 1.69 bits per heavy atom. The number of rotatable bonds is 5. The Labute approximate surface area is 155 Å².